The lowest BCUT2D eigenvalue weighted by molar-refractivity contribution is -0.136. The van der Waals surface area contributed by atoms with Gasteiger partial charge in [0.2, 0.25) is 0 Å². The van der Waals surface area contributed by atoms with E-state index in [1.54, 1.807) is 13.0 Å². The summed E-state index contributed by atoms with van der Waals surface area (Å²) in [6.07, 6.45) is -3.75. The molecule has 0 radical (unpaired) electrons. The minimum Gasteiger partial charge on any atom is -0.206 e. The summed E-state index contributed by atoms with van der Waals surface area (Å²) in [6.45, 7) is 0.00272. The van der Waals surface area contributed by atoms with Crippen LogP contribution in [-0.2, 0) is 16.4 Å². The largest absolute Gasteiger partial charge is 0.402 e. The topological polar surface area (TPSA) is 37.4 Å². The van der Waals surface area contributed by atoms with Crippen molar-refractivity contribution in [1.82, 2.24) is 4.31 Å². The summed E-state index contributed by atoms with van der Waals surface area (Å²) in [5, 5.41) is 0. The monoisotopic (exact) mass is 349 g/mol. The number of alkyl halides is 4. The molecule has 116 valence electrons. The summed E-state index contributed by atoms with van der Waals surface area (Å²) in [7, 11) is -4.11. The van der Waals surface area contributed by atoms with E-state index in [0.717, 1.165) is 16.2 Å². The Morgan fingerprint density at radius 2 is 2.00 bits per heavy atom. The van der Waals surface area contributed by atoms with Crippen LogP contribution in [0, 0.1) is 0 Å². The van der Waals surface area contributed by atoms with Gasteiger partial charge in [-0.25, -0.2) is 8.42 Å². The van der Waals surface area contributed by atoms with Gasteiger partial charge in [-0.2, -0.15) is 17.5 Å². The van der Waals surface area contributed by atoms with E-state index in [4.69, 9.17) is 11.6 Å². The van der Waals surface area contributed by atoms with Crippen molar-refractivity contribution < 1.29 is 21.6 Å². The van der Waals surface area contributed by atoms with E-state index in [2.05, 4.69) is 0 Å². The number of thiophene rings is 1. The van der Waals surface area contributed by atoms with E-state index in [1.165, 1.54) is 6.07 Å². The third-order valence-corrected chi connectivity index (χ3v) is 6.05. The minimum atomic E-state index is -4.56. The molecule has 0 bridgehead atoms. The molecule has 1 aromatic heterocycles. The summed E-state index contributed by atoms with van der Waals surface area (Å²) < 4.78 is 62.3. The summed E-state index contributed by atoms with van der Waals surface area (Å²) in [5.41, 5.74) is 0. The van der Waals surface area contributed by atoms with Gasteiger partial charge in [-0.3, -0.25) is 0 Å². The van der Waals surface area contributed by atoms with Gasteiger partial charge in [0.05, 0.1) is 0 Å². The maximum atomic E-state index is 12.5. The lowest BCUT2D eigenvalue weighted by Gasteiger charge is -2.21. The zero-order valence-electron chi connectivity index (χ0n) is 10.8. The summed E-state index contributed by atoms with van der Waals surface area (Å²) in [5.74, 6) is 0.335. The highest BCUT2D eigenvalue weighted by Crippen LogP contribution is 2.28. The molecule has 0 N–H and O–H groups in total. The second kappa shape index (κ2) is 7.11. The van der Waals surface area contributed by atoms with Crippen molar-refractivity contribution in [3.05, 3.63) is 17.0 Å². The first-order valence-corrected chi connectivity index (χ1v) is 8.71. The average molecular weight is 350 g/mol. The molecule has 3 nitrogen and oxygen atoms in total. The molecule has 1 heterocycles. The van der Waals surface area contributed by atoms with Crippen LogP contribution in [0.3, 0.4) is 0 Å². The van der Waals surface area contributed by atoms with Crippen LogP contribution in [0.4, 0.5) is 13.2 Å². The molecule has 0 spiro atoms. The smallest absolute Gasteiger partial charge is 0.206 e. The minimum absolute atomic E-state index is 0.0738. The molecule has 1 aromatic rings. The Bertz CT molecular complexity index is 528. The van der Waals surface area contributed by atoms with Crippen molar-refractivity contribution in [2.24, 2.45) is 0 Å². The Hall–Kier alpha value is -0.310. The Labute approximate surface area is 125 Å². The van der Waals surface area contributed by atoms with Crippen molar-refractivity contribution in [2.75, 3.05) is 19.0 Å². The van der Waals surface area contributed by atoms with Crippen LogP contribution >= 0.6 is 22.9 Å². The van der Waals surface area contributed by atoms with Crippen molar-refractivity contribution in [1.29, 1.82) is 0 Å². The van der Waals surface area contributed by atoms with E-state index in [1.807, 2.05) is 0 Å². The number of nitrogens with zero attached hydrogens (tertiary/aromatic N) is 1. The molecule has 0 saturated heterocycles. The molecule has 0 aliphatic carbocycles. The van der Waals surface area contributed by atoms with Gasteiger partial charge in [0, 0.05) is 17.3 Å². The standard InChI is InChI=1S/C11H15ClF3NO2S2/c1-2-7-16(8-11(13,14)15)20(17,18)10-4-3-9(19-10)5-6-12/h3-4H,2,5-8H2,1H3. The molecule has 0 unspecified atom stereocenters. The third kappa shape index (κ3) is 4.91. The Balaban J connectivity index is 3.02. The van der Waals surface area contributed by atoms with Crippen LogP contribution in [0.2, 0.25) is 0 Å². The van der Waals surface area contributed by atoms with E-state index < -0.39 is 22.7 Å². The predicted molar refractivity (Wildman–Crippen MR) is 73.8 cm³/mol. The van der Waals surface area contributed by atoms with Crippen LogP contribution in [0.1, 0.15) is 18.2 Å². The van der Waals surface area contributed by atoms with Gasteiger partial charge in [-0.15, -0.1) is 22.9 Å². The Kier molecular flexibility index (Phi) is 6.30. The second-order valence-electron chi connectivity index (χ2n) is 4.11. The molecular formula is C11H15ClF3NO2S2. The fraction of sp³-hybridized carbons (Fsp3) is 0.636. The summed E-state index contributed by atoms with van der Waals surface area (Å²) >= 11 is 6.52. The normalized spacial score (nSPS) is 13.1. The van der Waals surface area contributed by atoms with Gasteiger partial charge in [0.25, 0.3) is 10.0 Å². The molecule has 0 saturated carbocycles. The SMILES string of the molecule is CCCN(CC(F)(F)F)S(=O)(=O)c1ccc(CCCl)s1. The number of halogens is 4. The number of sulfonamides is 1. The number of rotatable bonds is 7. The van der Waals surface area contributed by atoms with Crippen molar-refractivity contribution in [3.63, 3.8) is 0 Å². The van der Waals surface area contributed by atoms with Crippen LogP contribution in [0.15, 0.2) is 16.3 Å². The molecule has 0 fully saturated rings. The van der Waals surface area contributed by atoms with Gasteiger partial charge >= 0.3 is 6.18 Å². The Morgan fingerprint density at radius 1 is 1.35 bits per heavy atom. The van der Waals surface area contributed by atoms with E-state index in [-0.39, 0.29) is 10.8 Å². The van der Waals surface area contributed by atoms with Gasteiger partial charge in [-0.05, 0) is 25.0 Å². The zero-order chi connectivity index (χ0) is 15.4. The fourth-order valence-corrected chi connectivity index (χ4v) is 4.93. The van der Waals surface area contributed by atoms with Crippen molar-refractivity contribution >= 4 is 33.0 Å². The quantitative estimate of drug-likeness (QED) is 0.707. The third-order valence-electron chi connectivity index (χ3n) is 2.40. The molecule has 1 rings (SSSR count). The van der Waals surface area contributed by atoms with Crippen LogP contribution < -0.4 is 0 Å². The maximum absolute atomic E-state index is 12.5. The predicted octanol–water partition coefficient (Wildman–Crippen LogP) is 3.49. The number of hydrogen-bond acceptors (Lipinski definition) is 3. The highest BCUT2D eigenvalue weighted by molar-refractivity contribution is 7.91. The second-order valence-corrected chi connectivity index (χ2v) is 7.82. The van der Waals surface area contributed by atoms with Gasteiger partial charge in [0.1, 0.15) is 10.8 Å². The van der Waals surface area contributed by atoms with Gasteiger partial charge < -0.3 is 0 Å². The lowest BCUT2D eigenvalue weighted by Crippen LogP contribution is -2.39. The van der Waals surface area contributed by atoms with Crippen molar-refractivity contribution in [2.45, 2.75) is 30.2 Å². The van der Waals surface area contributed by atoms with Crippen LogP contribution in [0.5, 0.6) is 0 Å². The highest BCUT2D eigenvalue weighted by atomic mass is 35.5. The van der Waals surface area contributed by atoms with Gasteiger partial charge in [-0.1, -0.05) is 6.92 Å². The Morgan fingerprint density at radius 3 is 2.50 bits per heavy atom. The van der Waals surface area contributed by atoms with Crippen LogP contribution in [-0.4, -0.2) is 37.9 Å². The first-order valence-electron chi connectivity index (χ1n) is 5.92. The fourth-order valence-electron chi connectivity index (χ4n) is 1.59. The number of aryl methyl sites for hydroxylation is 1. The average Bonchev–Trinajstić information content (AvgIpc) is 2.76. The van der Waals surface area contributed by atoms with Crippen molar-refractivity contribution in [3.8, 4) is 0 Å². The highest BCUT2D eigenvalue weighted by Gasteiger charge is 2.37. The van der Waals surface area contributed by atoms with E-state index >= 15 is 0 Å². The zero-order valence-corrected chi connectivity index (χ0v) is 13.2. The number of hydrogen-bond donors (Lipinski definition) is 0. The molecule has 0 aromatic carbocycles. The summed E-state index contributed by atoms with van der Waals surface area (Å²) in [6, 6.07) is 2.92. The maximum Gasteiger partial charge on any atom is 0.402 e. The molecule has 0 aliphatic heterocycles. The lowest BCUT2D eigenvalue weighted by atomic mass is 10.4. The molecule has 0 amide bonds. The molecule has 0 atom stereocenters. The molecule has 9 heteroatoms. The van der Waals surface area contributed by atoms with Gasteiger partial charge in [0.15, 0.2) is 0 Å². The van der Waals surface area contributed by atoms with E-state index in [9.17, 15) is 21.6 Å². The molecular weight excluding hydrogens is 335 g/mol. The molecule has 0 aliphatic rings. The summed E-state index contributed by atoms with van der Waals surface area (Å²) in [4.78, 5) is 0.738. The molecule has 20 heavy (non-hydrogen) atoms. The van der Waals surface area contributed by atoms with Crippen LogP contribution in [0.25, 0.3) is 0 Å². The first-order chi connectivity index (χ1) is 9.20. The van der Waals surface area contributed by atoms with E-state index in [0.29, 0.717) is 23.0 Å². The first kappa shape index (κ1) is 17.7.